The zero-order valence-corrected chi connectivity index (χ0v) is 12.7. The monoisotopic (exact) mass is 332 g/mol. The van der Waals surface area contributed by atoms with Crippen molar-refractivity contribution in [1.82, 2.24) is 0 Å². The van der Waals surface area contributed by atoms with E-state index in [-0.39, 0.29) is 10.6 Å². The van der Waals surface area contributed by atoms with Crippen molar-refractivity contribution in [3.8, 4) is 11.5 Å². The minimum absolute atomic E-state index is 0.0196. The van der Waals surface area contributed by atoms with Gasteiger partial charge >= 0.3 is 5.97 Å². The highest BCUT2D eigenvalue weighted by Crippen LogP contribution is 2.30. The van der Waals surface area contributed by atoms with Crippen molar-refractivity contribution in [3.63, 3.8) is 0 Å². The molecule has 0 unspecified atom stereocenters. The lowest BCUT2D eigenvalue weighted by Gasteiger charge is -2.18. The van der Waals surface area contributed by atoms with Crippen molar-refractivity contribution in [2.24, 2.45) is 5.10 Å². The molecule has 118 valence electrons. The zero-order chi connectivity index (χ0) is 16.2. The van der Waals surface area contributed by atoms with Crippen molar-refractivity contribution in [2.75, 3.05) is 18.6 Å². The number of nitrogens with one attached hydrogen (secondary N) is 1. The number of anilines is 1. The maximum atomic E-state index is 11.0. The number of hydrogen-bond acceptors (Lipinski definition) is 5. The largest absolute Gasteiger partial charge is 0.486 e. The van der Waals surface area contributed by atoms with E-state index in [0.717, 1.165) is 5.56 Å². The predicted molar refractivity (Wildman–Crippen MR) is 87.1 cm³/mol. The van der Waals surface area contributed by atoms with Gasteiger partial charge in [-0.3, -0.25) is 5.43 Å². The van der Waals surface area contributed by atoms with Crippen LogP contribution in [-0.2, 0) is 0 Å². The Morgan fingerprint density at radius 2 is 1.96 bits per heavy atom. The first-order chi connectivity index (χ1) is 11.1. The lowest BCUT2D eigenvalue weighted by Crippen LogP contribution is -2.15. The second kappa shape index (κ2) is 6.58. The van der Waals surface area contributed by atoms with Crippen molar-refractivity contribution < 1.29 is 19.4 Å². The third-order valence-corrected chi connectivity index (χ3v) is 3.50. The molecule has 0 aromatic heterocycles. The van der Waals surface area contributed by atoms with Gasteiger partial charge in [-0.2, -0.15) is 5.10 Å². The molecule has 0 spiro atoms. The van der Waals surface area contributed by atoms with Gasteiger partial charge < -0.3 is 14.6 Å². The van der Waals surface area contributed by atoms with E-state index >= 15 is 0 Å². The third kappa shape index (κ3) is 3.54. The standard InChI is InChI=1S/C16H13ClN2O4/c17-13-3-2-11(8-12(13)16(20)21)19-18-9-10-1-4-14-15(7-10)23-6-5-22-14/h1-4,7-9,19H,5-6H2,(H,20,21)/b18-9-. The number of hydrazone groups is 1. The smallest absolute Gasteiger partial charge is 0.337 e. The normalized spacial score (nSPS) is 13.1. The first kappa shape index (κ1) is 15.2. The topological polar surface area (TPSA) is 80.2 Å². The molecular formula is C16H13ClN2O4. The van der Waals surface area contributed by atoms with Gasteiger partial charge in [0.25, 0.3) is 0 Å². The van der Waals surface area contributed by atoms with Crippen LogP contribution in [-0.4, -0.2) is 30.5 Å². The molecule has 7 heteroatoms. The maximum Gasteiger partial charge on any atom is 0.337 e. The van der Waals surface area contributed by atoms with Crippen LogP contribution in [0.3, 0.4) is 0 Å². The summed E-state index contributed by atoms with van der Waals surface area (Å²) in [5.74, 6) is 0.305. The lowest BCUT2D eigenvalue weighted by atomic mass is 10.2. The molecule has 0 bridgehead atoms. The average molecular weight is 333 g/mol. The summed E-state index contributed by atoms with van der Waals surface area (Å²) >= 11 is 5.82. The Morgan fingerprint density at radius 1 is 1.17 bits per heavy atom. The maximum absolute atomic E-state index is 11.0. The lowest BCUT2D eigenvalue weighted by molar-refractivity contribution is 0.0697. The highest BCUT2D eigenvalue weighted by Gasteiger charge is 2.11. The SMILES string of the molecule is O=C(O)c1cc(N/N=C\c2ccc3c(c2)OCCO3)ccc1Cl. The Kier molecular flexibility index (Phi) is 4.34. The molecule has 2 aromatic carbocycles. The first-order valence-corrected chi connectivity index (χ1v) is 7.23. The van der Waals surface area contributed by atoms with Crippen LogP contribution in [0, 0.1) is 0 Å². The van der Waals surface area contributed by atoms with Crippen LogP contribution in [0.15, 0.2) is 41.5 Å². The van der Waals surface area contributed by atoms with Crippen molar-refractivity contribution >= 4 is 29.5 Å². The highest BCUT2D eigenvalue weighted by molar-refractivity contribution is 6.33. The molecule has 0 amide bonds. The summed E-state index contributed by atoms with van der Waals surface area (Å²) in [6.07, 6.45) is 1.60. The van der Waals surface area contributed by atoms with E-state index in [4.69, 9.17) is 26.2 Å². The Bertz CT molecular complexity index is 777. The van der Waals surface area contributed by atoms with Gasteiger partial charge in [0.15, 0.2) is 11.5 Å². The molecule has 6 nitrogen and oxygen atoms in total. The summed E-state index contributed by atoms with van der Waals surface area (Å²) < 4.78 is 10.9. The first-order valence-electron chi connectivity index (χ1n) is 6.85. The van der Waals surface area contributed by atoms with E-state index in [9.17, 15) is 4.79 Å². The Morgan fingerprint density at radius 3 is 2.74 bits per heavy atom. The number of hydrogen-bond donors (Lipinski definition) is 2. The Balaban J connectivity index is 1.72. The predicted octanol–water partition coefficient (Wildman–Crippen LogP) is 3.26. The fourth-order valence-electron chi connectivity index (χ4n) is 2.08. The number of nitrogens with zero attached hydrogens (tertiary/aromatic N) is 1. The van der Waals surface area contributed by atoms with Crippen LogP contribution in [0.5, 0.6) is 11.5 Å². The fraction of sp³-hybridized carbons (Fsp3) is 0.125. The minimum Gasteiger partial charge on any atom is -0.486 e. The molecule has 2 N–H and O–H groups in total. The summed E-state index contributed by atoms with van der Waals surface area (Å²) in [5.41, 5.74) is 4.15. The second-order valence-corrected chi connectivity index (χ2v) is 5.18. The Hall–Kier alpha value is -2.73. The van der Waals surface area contributed by atoms with Crippen LogP contribution in [0.25, 0.3) is 0 Å². The zero-order valence-electron chi connectivity index (χ0n) is 12.0. The van der Waals surface area contributed by atoms with Gasteiger partial charge in [0, 0.05) is 0 Å². The summed E-state index contributed by atoms with van der Waals surface area (Å²) in [6, 6.07) is 10.1. The molecule has 23 heavy (non-hydrogen) atoms. The Labute approximate surface area is 137 Å². The van der Waals surface area contributed by atoms with E-state index in [1.165, 1.54) is 12.1 Å². The van der Waals surface area contributed by atoms with E-state index in [1.54, 1.807) is 12.3 Å². The summed E-state index contributed by atoms with van der Waals surface area (Å²) in [5, 5.41) is 13.3. The van der Waals surface area contributed by atoms with E-state index in [1.807, 2.05) is 18.2 Å². The molecule has 2 aromatic rings. The molecule has 0 fully saturated rings. The number of fused-ring (bicyclic) bond motifs is 1. The van der Waals surface area contributed by atoms with Crippen molar-refractivity contribution in [3.05, 3.63) is 52.5 Å². The van der Waals surface area contributed by atoms with E-state index in [2.05, 4.69) is 10.5 Å². The molecule has 0 atom stereocenters. The van der Waals surface area contributed by atoms with Gasteiger partial charge in [-0.25, -0.2) is 4.79 Å². The van der Waals surface area contributed by atoms with Gasteiger partial charge in [0.1, 0.15) is 13.2 Å². The second-order valence-electron chi connectivity index (χ2n) is 4.77. The quantitative estimate of drug-likeness (QED) is 0.663. The molecule has 1 aliphatic rings. The number of carboxylic acid groups (broad SMARTS) is 1. The number of ether oxygens (including phenoxy) is 2. The molecule has 0 saturated heterocycles. The number of aromatic carboxylic acids is 1. The molecule has 1 aliphatic heterocycles. The van der Waals surface area contributed by atoms with Crippen LogP contribution in [0.4, 0.5) is 5.69 Å². The van der Waals surface area contributed by atoms with Gasteiger partial charge in [-0.15, -0.1) is 0 Å². The van der Waals surface area contributed by atoms with Gasteiger partial charge in [-0.1, -0.05) is 11.6 Å². The average Bonchev–Trinajstić information content (AvgIpc) is 2.56. The minimum atomic E-state index is -1.09. The number of halogens is 1. The highest BCUT2D eigenvalue weighted by atomic mass is 35.5. The molecular weight excluding hydrogens is 320 g/mol. The summed E-state index contributed by atoms with van der Waals surface area (Å²) in [4.78, 5) is 11.0. The van der Waals surface area contributed by atoms with Gasteiger partial charge in [-0.05, 0) is 42.0 Å². The third-order valence-electron chi connectivity index (χ3n) is 3.17. The van der Waals surface area contributed by atoms with Crippen LogP contribution in [0.1, 0.15) is 15.9 Å². The van der Waals surface area contributed by atoms with Gasteiger partial charge in [0.05, 0.1) is 22.5 Å². The van der Waals surface area contributed by atoms with Crippen LogP contribution < -0.4 is 14.9 Å². The summed E-state index contributed by atoms with van der Waals surface area (Å²) in [7, 11) is 0. The van der Waals surface area contributed by atoms with Crippen LogP contribution >= 0.6 is 11.6 Å². The number of carbonyl (C=O) groups is 1. The molecule has 1 heterocycles. The van der Waals surface area contributed by atoms with Crippen molar-refractivity contribution in [1.29, 1.82) is 0 Å². The molecule has 3 rings (SSSR count). The molecule has 0 radical (unpaired) electrons. The number of benzene rings is 2. The number of rotatable bonds is 4. The van der Waals surface area contributed by atoms with E-state index in [0.29, 0.717) is 30.4 Å². The molecule has 0 saturated carbocycles. The number of carboxylic acids is 1. The fourth-order valence-corrected chi connectivity index (χ4v) is 2.28. The summed E-state index contributed by atoms with van der Waals surface area (Å²) in [6.45, 7) is 1.07. The molecule has 0 aliphatic carbocycles. The van der Waals surface area contributed by atoms with E-state index < -0.39 is 5.97 Å². The van der Waals surface area contributed by atoms with Crippen molar-refractivity contribution in [2.45, 2.75) is 0 Å². The van der Waals surface area contributed by atoms with Gasteiger partial charge in [0.2, 0.25) is 0 Å². The van der Waals surface area contributed by atoms with Crippen LogP contribution in [0.2, 0.25) is 5.02 Å².